The van der Waals surface area contributed by atoms with Crippen molar-refractivity contribution >= 4 is 41.4 Å². The lowest BCUT2D eigenvalue weighted by atomic mass is 10.2. The Kier molecular flexibility index (Phi) is 6.89. The molecular weight excluding hydrogens is 453 g/mol. The van der Waals surface area contributed by atoms with Crippen LogP contribution in [-0.2, 0) is 17.7 Å². The fourth-order valence-corrected chi connectivity index (χ4v) is 3.57. The molecule has 0 saturated carbocycles. The van der Waals surface area contributed by atoms with Crippen molar-refractivity contribution in [3.8, 4) is 0 Å². The Labute approximate surface area is 177 Å². The van der Waals surface area contributed by atoms with Gasteiger partial charge in [-0.05, 0) is 35.7 Å². The van der Waals surface area contributed by atoms with Gasteiger partial charge in [0.2, 0.25) is 0 Å². The second-order valence-corrected chi connectivity index (χ2v) is 6.55. The van der Waals surface area contributed by atoms with Gasteiger partial charge in [-0.3, -0.25) is 4.99 Å². The first-order valence-electron chi connectivity index (χ1n) is 9.19. The van der Waals surface area contributed by atoms with Crippen LogP contribution in [0.15, 0.2) is 47.6 Å². The van der Waals surface area contributed by atoms with Gasteiger partial charge in [0.1, 0.15) is 5.82 Å². The van der Waals surface area contributed by atoms with Crippen LogP contribution in [0.5, 0.6) is 0 Å². The molecule has 2 aliphatic heterocycles. The molecule has 0 aliphatic carbocycles. The third-order valence-electron chi connectivity index (χ3n) is 4.95. The molecule has 1 aromatic heterocycles. The van der Waals surface area contributed by atoms with E-state index in [2.05, 4.69) is 61.5 Å². The van der Waals surface area contributed by atoms with Gasteiger partial charge < -0.3 is 19.9 Å². The average Bonchev–Trinajstić information content (AvgIpc) is 3.14. The predicted molar refractivity (Wildman–Crippen MR) is 120 cm³/mol. The van der Waals surface area contributed by atoms with Gasteiger partial charge in [-0.2, -0.15) is 0 Å². The number of hydrogen-bond donors (Lipinski definition) is 1. The summed E-state index contributed by atoms with van der Waals surface area (Å²) >= 11 is 0. The van der Waals surface area contributed by atoms with E-state index in [1.165, 1.54) is 16.8 Å². The Morgan fingerprint density at radius 2 is 2.00 bits per heavy atom. The monoisotopic (exact) mass is 479 g/mol. The molecule has 3 heterocycles. The van der Waals surface area contributed by atoms with E-state index in [1.807, 2.05) is 13.2 Å². The lowest BCUT2D eigenvalue weighted by Gasteiger charge is -2.28. The van der Waals surface area contributed by atoms with E-state index in [0.29, 0.717) is 0 Å². The summed E-state index contributed by atoms with van der Waals surface area (Å²) in [5.74, 6) is 1.94. The third-order valence-corrected chi connectivity index (χ3v) is 4.95. The summed E-state index contributed by atoms with van der Waals surface area (Å²) in [5, 5.41) is 3.50. The summed E-state index contributed by atoms with van der Waals surface area (Å²) < 4.78 is 5.43. The van der Waals surface area contributed by atoms with Gasteiger partial charge in [0.15, 0.2) is 5.96 Å². The molecule has 144 valence electrons. The molecule has 1 aromatic carbocycles. The zero-order valence-corrected chi connectivity index (χ0v) is 17.9. The zero-order valence-electron chi connectivity index (χ0n) is 15.6. The summed E-state index contributed by atoms with van der Waals surface area (Å²) in [7, 11) is 1.84. The van der Waals surface area contributed by atoms with Gasteiger partial charge in [0, 0.05) is 45.1 Å². The molecule has 0 radical (unpaired) electrons. The number of para-hydroxylation sites is 1. The third kappa shape index (κ3) is 4.52. The van der Waals surface area contributed by atoms with Crippen molar-refractivity contribution in [3.63, 3.8) is 0 Å². The van der Waals surface area contributed by atoms with E-state index < -0.39 is 0 Å². The molecule has 2 aromatic rings. The smallest absolute Gasteiger partial charge is 0.198 e. The maximum atomic E-state index is 5.43. The van der Waals surface area contributed by atoms with Gasteiger partial charge in [0.05, 0.1) is 13.2 Å². The maximum Gasteiger partial charge on any atom is 0.198 e. The highest BCUT2D eigenvalue weighted by molar-refractivity contribution is 14.0. The molecule has 1 saturated heterocycles. The Balaban J connectivity index is 0.00000210. The molecule has 1 N–H and O–H groups in total. The molecule has 7 heteroatoms. The topological polar surface area (TPSA) is 53.0 Å². The highest BCUT2D eigenvalue weighted by Crippen LogP contribution is 2.27. The number of anilines is 2. The molecule has 0 bridgehead atoms. The number of hydrogen-bond acceptors (Lipinski definition) is 4. The number of fused-ring (bicyclic) bond motifs is 1. The van der Waals surface area contributed by atoms with Crippen molar-refractivity contribution in [2.45, 2.75) is 13.0 Å². The summed E-state index contributed by atoms with van der Waals surface area (Å²) in [6.45, 7) is 5.03. The van der Waals surface area contributed by atoms with Crippen LogP contribution >= 0.6 is 24.0 Å². The van der Waals surface area contributed by atoms with Gasteiger partial charge in [-0.25, -0.2) is 4.98 Å². The predicted octanol–water partition coefficient (Wildman–Crippen LogP) is 2.67. The second kappa shape index (κ2) is 9.36. The summed E-state index contributed by atoms with van der Waals surface area (Å²) in [4.78, 5) is 13.5. The normalized spacial score (nSPS) is 16.7. The average molecular weight is 479 g/mol. The number of morpholine rings is 1. The van der Waals surface area contributed by atoms with Gasteiger partial charge in [-0.15, -0.1) is 24.0 Å². The van der Waals surface area contributed by atoms with Crippen LogP contribution in [0.3, 0.4) is 0 Å². The Morgan fingerprint density at radius 1 is 1.19 bits per heavy atom. The molecule has 27 heavy (non-hydrogen) atoms. The number of nitrogens with zero attached hydrogens (tertiary/aromatic N) is 4. The highest BCUT2D eigenvalue weighted by atomic mass is 127. The summed E-state index contributed by atoms with van der Waals surface area (Å²) in [6.07, 6.45) is 2.95. The minimum absolute atomic E-state index is 0. The van der Waals surface area contributed by atoms with Crippen LogP contribution in [0.2, 0.25) is 0 Å². The standard InChI is InChI=1S/C20H25N5O.HI/c1-21-20(25-9-7-17-4-2-3-5-18(17)25)23-15-16-6-8-22-19(14-16)24-10-12-26-13-11-24;/h2-6,8,14H,7,9-13,15H2,1H3,(H,21,23);1H. The Hall–Kier alpha value is -1.87. The van der Waals surface area contributed by atoms with E-state index in [4.69, 9.17) is 4.74 Å². The fraction of sp³-hybridized carbons (Fsp3) is 0.400. The summed E-state index contributed by atoms with van der Waals surface area (Å²) in [6, 6.07) is 12.8. The number of aliphatic imine (C=N–C) groups is 1. The maximum absolute atomic E-state index is 5.43. The highest BCUT2D eigenvalue weighted by Gasteiger charge is 2.22. The van der Waals surface area contributed by atoms with Gasteiger partial charge >= 0.3 is 0 Å². The van der Waals surface area contributed by atoms with E-state index >= 15 is 0 Å². The van der Waals surface area contributed by atoms with Gasteiger partial charge in [-0.1, -0.05) is 18.2 Å². The Bertz CT molecular complexity index is 791. The van der Waals surface area contributed by atoms with Crippen LogP contribution < -0.4 is 15.1 Å². The van der Waals surface area contributed by atoms with E-state index in [0.717, 1.165) is 57.6 Å². The Morgan fingerprint density at radius 3 is 2.81 bits per heavy atom. The molecule has 0 spiro atoms. The SMILES string of the molecule is CN=C(NCc1ccnc(N2CCOCC2)c1)N1CCc2ccccc21.I. The molecule has 0 unspecified atom stereocenters. The molecule has 2 aliphatic rings. The number of ether oxygens (including phenoxy) is 1. The van der Waals surface area contributed by atoms with Crippen LogP contribution in [0, 0.1) is 0 Å². The van der Waals surface area contributed by atoms with Crippen molar-refractivity contribution in [3.05, 3.63) is 53.7 Å². The fourth-order valence-electron chi connectivity index (χ4n) is 3.57. The first-order valence-corrected chi connectivity index (χ1v) is 9.19. The van der Waals surface area contributed by atoms with Crippen molar-refractivity contribution < 1.29 is 4.74 Å². The molecule has 0 amide bonds. The minimum Gasteiger partial charge on any atom is -0.378 e. The lowest BCUT2D eigenvalue weighted by Crippen LogP contribution is -2.40. The number of benzene rings is 1. The number of guanidine groups is 1. The number of aromatic nitrogens is 1. The minimum atomic E-state index is 0. The first kappa shape index (κ1) is 19.9. The number of rotatable bonds is 3. The van der Waals surface area contributed by atoms with E-state index in [-0.39, 0.29) is 24.0 Å². The van der Waals surface area contributed by atoms with Crippen LogP contribution in [0.4, 0.5) is 11.5 Å². The van der Waals surface area contributed by atoms with E-state index in [9.17, 15) is 0 Å². The number of nitrogens with one attached hydrogen (secondary N) is 1. The molecule has 6 nitrogen and oxygen atoms in total. The van der Waals surface area contributed by atoms with Crippen LogP contribution in [-0.4, -0.2) is 50.8 Å². The van der Waals surface area contributed by atoms with Crippen LogP contribution in [0.1, 0.15) is 11.1 Å². The first-order chi connectivity index (χ1) is 12.8. The van der Waals surface area contributed by atoms with Crippen molar-refractivity contribution in [1.29, 1.82) is 0 Å². The van der Waals surface area contributed by atoms with Gasteiger partial charge in [0.25, 0.3) is 0 Å². The van der Waals surface area contributed by atoms with Crippen LogP contribution in [0.25, 0.3) is 0 Å². The van der Waals surface area contributed by atoms with Crippen molar-refractivity contribution in [2.75, 3.05) is 49.7 Å². The van der Waals surface area contributed by atoms with E-state index in [1.54, 1.807) is 0 Å². The van der Waals surface area contributed by atoms with Crippen molar-refractivity contribution in [2.24, 2.45) is 4.99 Å². The molecule has 4 rings (SSSR count). The second-order valence-electron chi connectivity index (χ2n) is 6.55. The molecule has 0 atom stereocenters. The lowest BCUT2D eigenvalue weighted by molar-refractivity contribution is 0.122. The molecular formula is C20H26IN5O. The van der Waals surface area contributed by atoms with Crippen molar-refractivity contribution in [1.82, 2.24) is 10.3 Å². The molecule has 1 fully saturated rings. The quantitative estimate of drug-likeness (QED) is 0.417. The number of halogens is 1. The summed E-state index contributed by atoms with van der Waals surface area (Å²) in [5.41, 5.74) is 3.84. The number of pyridine rings is 1. The zero-order chi connectivity index (χ0) is 17.8. The largest absolute Gasteiger partial charge is 0.378 e.